The smallest absolute Gasteiger partial charge is 0.133 e. The van der Waals surface area contributed by atoms with Gasteiger partial charge in [0.25, 0.3) is 0 Å². The van der Waals surface area contributed by atoms with E-state index < -0.39 is 0 Å². The number of nitrogens with one attached hydrogen (secondary N) is 1. The van der Waals surface area contributed by atoms with Gasteiger partial charge in [0.05, 0.1) is 23.4 Å². The minimum atomic E-state index is -0.299. The fourth-order valence-corrected chi connectivity index (χ4v) is 2.12. The molecule has 3 aromatic rings. The first-order valence-electron chi connectivity index (χ1n) is 6.43. The normalized spacial score (nSPS) is 12.9. The van der Waals surface area contributed by atoms with Gasteiger partial charge in [-0.15, -0.1) is 0 Å². The predicted octanol–water partition coefficient (Wildman–Crippen LogP) is 3.14. The lowest BCUT2D eigenvalue weighted by atomic mass is 10.1. The van der Waals surface area contributed by atoms with Gasteiger partial charge in [-0.2, -0.15) is 0 Å². The number of nitrogens with zero attached hydrogens (tertiary/aromatic N) is 1. The summed E-state index contributed by atoms with van der Waals surface area (Å²) >= 11 is 0. The Bertz CT molecular complexity index is 669. The number of hydrogen-bond donors (Lipinski definition) is 2. The van der Waals surface area contributed by atoms with Crippen LogP contribution in [-0.2, 0) is 6.42 Å². The van der Waals surface area contributed by atoms with E-state index in [1.807, 2.05) is 30.3 Å². The lowest BCUT2D eigenvalue weighted by Crippen LogP contribution is -2.02. The molecule has 19 heavy (non-hydrogen) atoms. The van der Waals surface area contributed by atoms with Crippen molar-refractivity contribution in [1.29, 1.82) is 0 Å². The first-order valence-corrected chi connectivity index (χ1v) is 6.43. The number of rotatable bonds is 4. The molecule has 2 aromatic heterocycles. The molecule has 0 radical (unpaired) electrons. The third-order valence-electron chi connectivity index (χ3n) is 3.14. The summed E-state index contributed by atoms with van der Waals surface area (Å²) in [6.07, 6.45) is 2.83. The van der Waals surface area contributed by atoms with Gasteiger partial charge < -0.3 is 14.5 Å². The minimum absolute atomic E-state index is 0.299. The van der Waals surface area contributed by atoms with Gasteiger partial charge in [0.2, 0.25) is 0 Å². The second kappa shape index (κ2) is 4.90. The molecule has 0 aliphatic rings. The topological polar surface area (TPSA) is 62.1 Å². The molecule has 1 atom stereocenters. The van der Waals surface area contributed by atoms with Gasteiger partial charge in [0.15, 0.2) is 0 Å². The monoisotopic (exact) mass is 256 g/mol. The molecule has 1 aromatic carbocycles. The Morgan fingerprint density at radius 3 is 3.00 bits per heavy atom. The zero-order chi connectivity index (χ0) is 13.2. The van der Waals surface area contributed by atoms with Crippen molar-refractivity contribution < 1.29 is 9.52 Å². The van der Waals surface area contributed by atoms with E-state index in [2.05, 4.69) is 9.97 Å². The van der Waals surface area contributed by atoms with Crippen LogP contribution in [0.1, 0.15) is 19.2 Å². The largest absolute Gasteiger partial charge is 0.464 e. The summed E-state index contributed by atoms with van der Waals surface area (Å²) < 4.78 is 5.39. The molecule has 0 fully saturated rings. The zero-order valence-electron chi connectivity index (χ0n) is 10.8. The molecule has 0 saturated carbocycles. The number of aromatic nitrogens is 2. The Kier molecular flexibility index (Phi) is 3.09. The third-order valence-corrected chi connectivity index (χ3v) is 3.14. The van der Waals surface area contributed by atoms with Crippen molar-refractivity contribution in [3.05, 3.63) is 42.4 Å². The molecule has 4 heteroatoms. The van der Waals surface area contributed by atoms with Gasteiger partial charge in [-0.25, -0.2) is 4.98 Å². The number of benzene rings is 1. The van der Waals surface area contributed by atoms with E-state index in [1.165, 1.54) is 0 Å². The van der Waals surface area contributed by atoms with Crippen molar-refractivity contribution in [2.45, 2.75) is 25.9 Å². The summed E-state index contributed by atoms with van der Waals surface area (Å²) in [5.74, 6) is 1.76. The maximum atomic E-state index is 9.30. The van der Waals surface area contributed by atoms with Crippen molar-refractivity contribution in [3.63, 3.8) is 0 Å². The maximum Gasteiger partial charge on any atom is 0.133 e. The van der Waals surface area contributed by atoms with Crippen LogP contribution < -0.4 is 0 Å². The van der Waals surface area contributed by atoms with Gasteiger partial charge in [-0.3, -0.25) is 0 Å². The van der Waals surface area contributed by atoms with Crippen LogP contribution in [0.15, 0.2) is 41.0 Å². The Hall–Kier alpha value is -2.07. The van der Waals surface area contributed by atoms with Crippen LogP contribution in [-0.4, -0.2) is 21.2 Å². The average Bonchev–Trinajstić information content (AvgIpc) is 3.04. The lowest BCUT2D eigenvalue weighted by Gasteiger charge is -1.99. The maximum absolute atomic E-state index is 9.30. The van der Waals surface area contributed by atoms with Crippen LogP contribution >= 0.6 is 0 Å². The Balaban J connectivity index is 1.91. The second-order valence-corrected chi connectivity index (χ2v) is 4.78. The minimum Gasteiger partial charge on any atom is -0.464 e. The first-order chi connectivity index (χ1) is 9.22. The molecule has 2 N–H and O–H groups in total. The van der Waals surface area contributed by atoms with E-state index >= 15 is 0 Å². The molecule has 0 aliphatic carbocycles. The number of fused-ring (bicyclic) bond motifs is 1. The number of imidazole rings is 1. The van der Waals surface area contributed by atoms with E-state index in [-0.39, 0.29) is 6.10 Å². The first kappa shape index (κ1) is 12.0. The molecule has 4 nitrogen and oxygen atoms in total. The van der Waals surface area contributed by atoms with Crippen molar-refractivity contribution in [1.82, 2.24) is 9.97 Å². The fourth-order valence-electron chi connectivity index (χ4n) is 2.12. The summed E-state index contributed by atoms with van der Waals surface area (Å²) in [4.78, 5) is 7.80. The van der Waals surface area contributed by atoms with Crippen molar-refractivity contribution in [2.75, 3.05) is 0 Å². The van der Waals surface area contributed by atoms with Crippen LogP contribution in [0.2, 0.25) is 0 Å². The molecule has 2 heterocycles. The molecule has 0 bridgehead atoms. The van der Waals surface area contributed by atoms with Gasteiger partial charge in [0.1, 0.15) is 11.6 Å². The molecule has 0 spiro atoms. The van der Waals surface area contributed by atoms with Crippen molar-refractivity contribution >= 4 is 11.0 Å². The molecular weight excluding hydrogens is 240 g/mol. The zero-order valence-corrected chi connectivity index (χ0v) is 10.8. The van der Waals surface area contributed by atoms with E-state index in [0.717, 1.165) is 34.6 Å². The highest BCUT2D eigenvalue weighted by molar-refractivity contribution is 5.80. The molecule has 0 saturated heterocycles. The van der Waals surface area contributed by atoms with Crippen LogP contribution in [0.5, 0.6) is 0 Å². The third kappa shape index (κ3) is 2.53. The molecule has 3 rings (SSSR count). The summed E-state index contributed by atoms with van der Waals surface area (Å²) in [5, 5.41) is 9.30. The van der Waals surface area contributed by atoms with Crippen LogP contribution in [0, 0.1) is 0 Å². The summed E-state index contributed by atoms with van der Waals surface area (Å²) in [6, 6.07) is 9.83. The molecule has 98 valence electrons. The lowest BCUT2D eigenvalue weighted by molar-refractivity contribution is 0.184. The van der Waals surface area contributed by atoms with Gasteiger partial charge in [-0.05, 0) is 43.7 Å². The van der Waals surface area contributed by atoms with Gasteiger partial charge in [0, 0.05) is 12.0 Å². The molecule has 0 aliphatic heterocycles. The SMILES string of the molecule is CC(O)CCc1nc2ccc(-c3ccco3)cc2[nH]1. The average molecular weight is 256 g/mol. The van der Waals surface area contributed by atoms with Crippen molar-refractivity contribution in [2.24, 2.45) is 0 Å². The summed E-state index contributed by atoms with van der Waals surface area (Å²) in [7, 11) is 0. The van der Waals surface area contributed by atoms with Gasteiger partial charge >= 0.3 is 0 Å². The Morgan fingerprint density at radius 2 is 2.26 bits per heavy atom. The summed E-state index contributed by atoms with van der Waals surface area (Å²) in [6.45, 7) is 1.79. The number of aromatic amines is 1. The van der Waals surface area contributed by atoms with Crippen LogP contribution in [0.25, 0.3) is 22.4 Å². The van der Waals surface area contributed by atoms with E-state index in [1.54, 1.807) is 13.2 Å². The second-order valence-electron chi connectivity index (χ2n) is 4.78. The predicted molar refractivity (Wildman–Crippen MR) is 73.8 cm³/mol. The van der Waals surface area contributed by atoms with Crippen molar-refractivity contribution in [3.8, 4) is 11.3 Å². The Labute approximate surface area is 111 Å². The highest BCUT2D eigenvalue weighted by Gasteiger charge is 2.07. The fraction of sp³-hybridized carbons (Fsp3) is 0.267. The highest BCUT2D eigenvalue weighted by atomic mass is 16.3. The van der Waals surface area contributed by atoms with E-state index in [0.29, 0.717) is 6.42 Å². The summed E-state index contributed by atoms with van der Waals surface area (Å²) in [5.41, 5.74) is 2.97. The molecule has 1 unspecified atom stereocenters. The van der Waals surface area contributed by atoms with Gasteiger partial charge in [-0.1, -0.05) is 0 Å². The number of hydrogen-bond acceptors (Lipinski definition) is 3. The molecular formula is C15H16N2O2. The highest BCUT2D eigenvalue weighted by Crippen LogP contribution is 2.23. The van der Waals surface area contributed by atoms with E-state index in [9.17, 15) is 5.11 Å². The van der Waals surface area contributed by atoms with Crippen LogP contribution in [0.3, 0.4) is 0 Å². The quantitative estimate of drug-likeness (QED) is 0.753. The van der Waals surface area contributed by atoms with E-state index in [4.69, 9.17) is 4.42 Å². The standard InChI is InChI=1S/C15H16N2O2/c1-10(18)4-7-15-16-12-6-5-11(9-13(12)17-15)14-3-2-8-19-14/h2-3,5-6,8-10,18H,4,7H2,1H3,(H,16,17). The molecule has 0 amide bonds. The van der Waals surface area contributed by atoms with Crippen LogP contribution in [0.4, 0.5) is 0 Å². The number of aliphatic hydroxyl groups is 1. The number of aliphatic hydroxyl groups excluding tert-OH is 1. The number of H-pyrrole nitrogens is 1. The Morgan fingerprint density at radius 1 is 1.37 bits per heavy atom. The number of aryl methyl sites for hydroxylation is 1. The number of furan rings is 1.